The van der Waals surface area contributed by atoms with Crippen molar-refractivity contribution in [3.05, 3.63) is 33.8 Å². The second kappa shape index (κ2) is 4.27. The Labute approximate surface area is 104 Å². The zero-order valence-corrected chi connectivity index (χ0v) is 10.2. The summed E-state index contributed by atoms with van der Waals surface area (Å²) < 4.78 is 0.871. The molecule has 0 aliphatic rings. The van der Waals surface area contributed by atoms with Crippen LogP contribution in [0, 0.1) is 0 Å². The van der Waals surface area contributed by atoms with Crippen LogP contribution in [0.2, 0.25) is 5.02 Å². The van der Waals surface area contributed by atoms with Crippen molar-refractivity contribution < 1.29 is 9.90 Å². The van der Waals surface area contributed by atoms with Gasteiger partial charge in [0.05, 0.1) is 10.5 Å². The van der Waals surface area contributed by atoms with Gasteiger partial charge in [-0.15, -0.1) is 0 Å². The van der Waals surface area contributed by atoms with Crippen molar-refractivity contribution in [1.29, 1.82) is 0 Å². The third-order valence-electron chi connectivity index (χ3n) is 1.96. The normalized spacial score (nSPS) is 10.4. The van der Waals surface area contributed by atoms with Gasteiger partial charge in [0.15, 0.2) is 5.82 Å². The predicted molar refractivity (Wildman–Crippen MR) is 66.1 cm³/mol. The second-order valence-electron chi connectivity index (χ2n) is 3.09. The topological polar surface area (TPSA) is 62.2 Å². The fraction of sp³-hybridized carbons (Fsp3) is 0. The maximum atomic E-state index is 10.5. The van der Waals surface area contributed by atoms with Crippen molar-refractivity contribution in [1.82, 2.24) is 4.98 Å². The van der Waals surface area contributed by atoms with Gasteiger partial charge >= 0.3 is 6.09 Å². The van der Waals surface area contributed by atoms with E-state index in [0.717, 1.165) is 9.86 Å². The Morgan fingerprint density at radius 3 is 2.88 bits per heavy atom. The number of anilines is 1. The van der Waals surface area contributed by atoms with Gasteiger partial charge in [-0.3, -0.25) is 5.32 Å². The first-order valence-electron chi connectivity index (χ1n) is 4.32. The number of hydrogen-bond acceptors (Lipinski definition) is 2. The van der Waals surface area contributed by atoms with Gasteiger partial charge in [0.2, 0.25) is 0 Å². The van der Waals surface area contributed by atoms with Crippen molar-refractivity contribution in [3.8, 4) is 0 Å². The maximum absolute atomic E-state index is 10.5. The molecule has 1 aromatic carbocycles. The Kier molecular flexibility index (Phi) is 2.98. The lowest BCUT2D eigenvalue weighted by atomic mass is 10.2. The molecule has 0 aliphatic heterocycles. The van der Waals surface area contributed by atoms with Crippen LogP contribution in [-0.4, -0.2) is 16.2 Å². The number of carbonyl (C=O) groups is 1. The molecule has 0 spiro atoms. The number of halogens is 2. The SMILES string of the molecule is O=C(O)Nc1nc2cc(Br)ccc2cc1Cl. The van der Waals surface area contributed by atoms with Crippen molar-refractivity contribution in [2.75, 3.05) is 5.32 Å². The van der Waals surface area contributed by atoms with Crippen molar-refractivity contribution in [3.63, 3.8) is 0 Å². The fourth-order valence-electron chi connectivity index (χ4n) is 1.30. The summed E-state index contributed by atoms with van der Waals surface area (Å²) in [4.78, 5) is 14.6. The van der Waals surface area contributed by atoms with Crippen LogP contribution in [0.5, 0.6) is 0 Å². The molecule has 1 amide bonds. The average Bonchev–Trinajstić information content (AvgIpc) is 2.19. The van der Waals surface area contributed by atoms with Crippen molar-refractivity contribution >= 4 is 50.3 Å². The van der Waals surface area contributed by atoms with E-state index in [0.29, 0.717) is 5.52 Å². The van der Waals surface area contributed by atoms with E-state index in [2.05, 4.69) is 26.2 Å². The summed E-state index contributed by atoms with van der Waals surface area (Å²) in [5.41, 5.74) is 0.669. The van der Waals surface area contributed by atoms with Crippen LogP contribution >= 0.6 is 27.5 Å². The summed E-state index contributed by atoms with van der Waals surface area (Å²) in [6.07, 6.45) is -1.19. The number of benzene rings is 1. The molecule has 4 nitrogen and oxygen atoms in total. The van der Waals surface area contributed by atoms with Gasteiger partial charge in [-0.1, -0.05) is 33.6 Å². The van der Waals surface area contributed by atoms with Crippen LogP contribution in [0.15, 0.2) is 28.7 Å². The monoisotopic (exact) mass is 300 g/mol. The van der Waals surface area contributed by atoms with Crippen molar-refractivity contribution in [2.24, 2.45) is 0 Å². The molecule has 6 heteroatoms. The third-order valence-corrected chi connectivity index (χ3v) is 2.74. The average molecular weight is 302 g/mol. The number of nitrogens with one attached hydrogen (secondary N) is 1. The molecule has 0 saturated carbocycles. The number of pyridine rings is 1. The zero-order valence-electron chi connectivity index (χ0n) is 7.87. The van der Waals surface area contributed by atoms with Gasteiger partial charge in [0.25, 0.3) is 0 Å². The lowest BCUT2D eigenvalue weighted by Crippen LogP contribution is -2.09. The molecule has 16 heavy (non-hydrogen) atoms. The Bertz CT molecular complexity index is 574. The van der Waals surface area contributed by atoms with Gasteiger partial charge < -0.3 is 5.11 Å². The van der Waals surface area contributed by atoms with E-state index >= 15 is 0 Å². The maximum Gasteiger partial charge on any atom is 0.410 e. The summed E-state index contributed by atoms with van der Waals surface area (Å²) in [5.74, 6) is 0.139. The quantitative estimate of drug-likeness (QED) is 0.843. The molecule has 0 radical (unpaired) electrons. The number of rotatable bonds is 1. The molecule has 1 heterocycles. The van der Waals surface area contributed by atoms with Crippen LogP contribution in [0.4, 0.5) is 10.6 Å². The molecule has 2 aromatic rings. The Morgan fingerprint density at radius 2 is 2.19 bits per heavy atom. The summed E-state index contributed by atoms with van der Waals surface area (Å²) in [5, 5.41) is 11.9. The minimum Gasteiger partial charge on any atom is -0.465 e. The molecule has 2 rings (SSSR count). The van der Waals surface area contributed by atoms with E-state index in [1.54, 1.807) is 12.1 Å². The van der Waals surface area contributed by atoms with E-state index in [-0.39, 0.29) is 10.8 Å². The largest absolute Gasteiger partial charge is 0.465 e. The molecule has 0 aliphatic carbocycles. The summed E-state index contributed by atoms with van der Waals surface area (Å²) in [7, 11) is 0. The molecular formula is C10H6BrClN2O2. The molecule has 0 saturated heterocycles. The highest BCUT2D eigenvalue weighted by Crippen LogP contribution is 2.26. The molecule has 0 unspecified atom stereocenters. The highest BCUT2D eigenvalue weighted by molar-refractivity contribution is 9.10. The van der Waals surface area contributed by atoms with E-state index in [1.165, 1.54) is 0 Å². The van der Waals surface area contributed by atoms with Crippen molar-refractivity contribution in [2.45, 2.75) is 0 Å². The van der Waals surface area contributed by atoms with Crippen LogP contribution < -0.4 is 5.32 Å². The highest BCUT2D eigenvalue weighted by Gasteiger charge is 2.07. The number of fused-ring (bicyclic) bond motifs is 1. The van der Waals surface area contributed by atoms with Crippen LogP contribution in [-0.2, 0) is 0 Å². The van der Waals surface area contributed by atoms with Gasteiger partial charge in [0.1, 0.15) is 0 Å². The Morgan fingerprint density at radius 1 is 1.44 bits per heavy atom. The predicted octanol–water partition coefficient (Wildman–Crippen LogP) is 3.74. The second-order valence-corrected chi connectivity index (χ2v) is 4.41. The Balaban J connectivity index is 2.59. The molecule has 1 aromatic heterocycles. The van der Waals surface area contributed by atoms with E-state index in [4.69, 9.17) is 16.7 Å². The fourth-order valence-corrected chi connectivity index (χ4v) is 1.86. The zero-order chi connectivity index (χ0) is 11.7. The first-order chi connectivity index (χ1) is 7.56. The lowest BCUT2D eigenvalue weighted by Gasteiger charge is -2.05. The standard InChI is InChI=1S/C10H6BrClN2O2/c11-6-2-1-5-3-7(12)9(14-10(15)16)13-8(5)4-6/h1-4H,(H,13,14)(H,15,16). The third kappa shape index (κ3) is 2.25. The molecule has 0 bridgehead atoms. The highest BCUT2D eigenvalue weighted by atomic mass is 79.9. The van der Waals surface area contributed by atoms with Gasteiger partial charge in [-0.05, 0) is 18.2 Å². The summed E-state index contributed by atoms with van der Waals surface area (Å²) in [6, 6.07) is 7.17. The minimum atomic E-state index is -1.19. The molecule has 2 N–H and O–H groups in total. The Hall–Kier alpha value is -1.33. The van der Waals surface area contributed by atoms with Crippen LogP contribution in [0.1, 0.15) is 0 Å². The number of amides is 1. The molecule has 82 valence electrons. The molecule has 0 fully saturated rings. The van der Waals surface area contributed by atoms with Gasteiger partial charge in [-0.25, -0.2) is 9.78 Å². The van der Waals surface area contributed by atoms with Crippen LogP contribution in [0.25, 0.3) is 10.9 Å². The summed E-state index contributed by atoms with van der Waals surface area (Å²) in [6.45, 7) is 0. The number of nitrogens with zero attached hydrogens (tertiary/aromatic N) is 1. The van der Waals surface area contributed by atoms with E-state index in [1.807, 2.05) is 12.1 Å². The number of hydrogen-bond donors (Lipinski definition) is 2. The van der Waals surface area contributed by atoms with Gasteiger partial charge in [-0.2, -0.15) is 0 Å². The smallest absolute Gasteiger partial charge is 0.410 e. The lowest BCUT2D eigenvalue weighted by molar-refractivity contribution is 0.209. The first-order valence-corrected chi connectivity index (χ1v) is 5.49. The van der Waals surface area contributed by atoms with E-state index in [9.17, 15) is 4.79 Å². The van der Waals surface area contributed by atoms with E-state index < -0.39 is 6.09 Å². The van der Waals surface area contributed by atoms with Crippen LogP contribution in [0.3, 0.4) is 0 Å². The minimum absolute atomic E-state index is 0.139. The number of aromatic nitrogens is 1. The van der Waals surface area contributed by atoms with Gasteiger partial charge in [0, 0.05) is 9.86 Å². The molecular weight excluding hydrogens is 295 g/mol. The molecule has 0 atom stereocenters. The number of carboxylic acid groups (broad SMARTS) is 1. The summed E-state index contributed by atoms with van der Waals surface area (Å²) >= 11 is 9.20. The first kappa shape index (κ1) is 11.2.